The van der Waals surface area contributed by atoms with Gasteiger partial charge >= 0.3 is 0 Å². The normalized spacial score (nSPS) is 12.7. The molecule has 2 heteroatoms. The lowest BCUT2D eigenvalue weighted by Crippen LogP contribution is -2.30. The number of likely N-dealkylation sites (N-methyl/N-ethyl adjacent to an activating group) is 1. The van der Waals surface area contributed by atoms with Crippen molar-refractivity contribution in [3.05, 3.63) is 34.9 Å². The topological polar surface area (TPSA) is 12.0 Å². The first-order valence-electron chi connectivity index (χ1n) is 5.74. The Morgan fingerprint density at radius 3 is 2.73 bits per heavy atom. The standard InChI is InChI=1S/C13H20ClN/c1-3-6-13(15-4-2)10-11-7-5-8-12(14)9-11/h5,7-9,13,15H,3-4,6,10H2,1-2H3. The molecule has 0 amide bonds. The molecule has 0 radical (unpaired) electrons. The van der Waals surface area contributed by atoms with Crippen molar-refractivity contribution in [2.75, 3.05) is 6.54 Å². The summed E-state index contributed by atoms with van der Waals surface area (Å²) in [7, 11) is 0. The Morgan fingerprint density at radius 1 is 1.33 bits per heavy atom. The Kier molecular flexibility index (Phi) is 5.74. The van der Waals surface area contributed by atoms with Crippen LogP contribution in [0.2, 0.25) is 5.02 Å². The van der Waals surface area contributed by atoms with E-state index in [1.165, 1.54) is 18.4 Å². The summed E-state index contributed by atoms with van der Waals surface area (Å²) in [6, 6.07) is 8.73. The average molecular weight is 226 g/mol. The molecule has 1 nitrogen and oxygen atoms in total. The summed E-state index contributed by atoms with van der Waals surface area (Å²) < 4.78 is 0. The van der Waals surface area contributed by atoms with Crippen molar-refractivity contribution >= 4 is 11.6 Å². The monoisotopic (exact) mass is 225 g/mol. The summed E-state index contributed by atoms with van der Waals surface area (Å²) in [4.78, 5) is 0. The minimum atomic E-state index is 0.582. The predicted molar refractivity (Wildman–Crippen MR) is 67.5 cm³/mol. The molecule has 0 bridgehead atoms. The fourth-order valence-electron chi connectivity index (χ4n) is 1.86. The summed E-state index contributed by atoms with van der Waals surface area (Å²) in [6.07, 6.45) is 3.51. The molecule has 1 atom stereocenters. The summed E-state index contributed by atoms with van der Waals surface area (Å²) in [6.45, 7) is 5.41. The zero-order valence-corrected chi connectivity index (χ0v) is 10.3. The van der Waals surface area contributed by atoms with Gasteiger partial charge in [0.15, 0.2) is 0 Å². The molecule has 0 aliphatic heterocycles. The van der Waals surface area contributed by atoms with Crippen LogP contribution in [-0.4, -0.2) is 12.6 Å². The molecule has 0 aliphatic rings. The van der Waals surface area contributed by atoms with E-state index < -0.39 is 0 Å². The number of hydrogen-bond acceptors (Lipinski definition) is 1. The number of benzene rings is 1. The summed E-state index contributed by atoms with van der Waals surface area (Å²) in [5, 5.41) is 4.34. The highest BCUT2D eigenvalue weighted by Gasteiger charge is 2.06. The predicted octanol–water partition coefficient (Wildman–Crippen LogP) is 3.66. The van der Waals surface area contributed by atoms with Crippen LogP contribution >= 0.6 is 11.6 Å². The molecule has 0 aliphatic carbocycles. The van der Waals surface area contributed by atoms with E-state index in [4.69, 9.17) is 11.6 Å². The Bertz CT molecular complexity index is 280. The minimum Gasteiger partial charge on any atom is -0.314 e. The van der Waals surface area contributed by atoms with Gasteiger partial charge in [0.25, 0.3) is 0 Å². The van der Waals surface area contributed by atoms with Crippen LogP contribution < -0.4 is 5.32 Å². The van der Waals surface area contributed by atoms with E-state index in [9.17, 15) is 0 Å². The Hall–Kier alpha value is -0.530. The van der Waals surface area contributed by atoms with Crippen LogP contribution in [0.1, 0.15) is 32.3 Å². The molecule has 0 saturated carbocycles. The molecule has 0 spiro atoms. The number of rotatable bonds is 6. The molecule has 0 fully saturated rings. The summed E-state index contributed by atoms with van der Waals surface area (Å²) in [5.74, 6) is 0. The second-order valence-corrected chi connectivity index (χ2v) is 4.31. The molecule has 15 heavy (non-hydrogen) atoms. The largest absolute Gasteiger partial charge is 0.314 e. The van der Waals surface area contributed by atoms with Gasteiger partial charge in [-0.25, -0.2) is 0 Å². The highest BCUT2D eigenvalue weighted by molar-refractivity contribution is 6.30. The van der Waals surface area contributed by atoms with Crippen LogP contribution in [0.5, 0.6) is 0 Å². The summed E-state index contributed by atoms with van der Waals surface area (Å²) in [5.41, 5.74) is 1.32. The Labute approximate surface area is 97.8 Å². The summed E-state index contributed by atoms with van der Waals surface area (Å²) >= 11 is 5.96. The number of hydrogen-bond donors (Lipinski definition) is 1. The van der Waals surface area contributed by atoms with Gasteiger partial charge in [-0.2, -0.15) is 0 Å². The fraction of sp³-hybridized carbons (Fsp3) is 0.538. The number of nitrogens with one attached hydrogen (secondary N) is 1. The molecule has 1 rings (SSSR count). The lowest BCUT2D eigenvalue weighted by molar-refractivity contribution is 0.486. The zero-order valence-electron chi connectivity index (χ0n) is 9.59. The molecule has 1 aromatic carbocycles. The third-order valence-electron chi connectivity index (χ3n) is 2.50. The van der Waals surface area contributed by atoms with Crippen LogP contribution in [0.3, 0.4) is 0 Å². The molecule has 1 aromatic rings. The van der Waals surface area contributed by atoms with Crippen molar-refractivity contribution in [1.29, 1.82) is 0 Å². The van der Waals surface area contributed by atoms with Crippen LogP contribution in [0.4, 0.5) is 0 Å². The van der Waals surface area contributed by atoms with E-state index in [-0.39, 0.29) is 0 Å². The van der Waals surface area contributed by atoms with E-state index in [2.05, 4.69) is 31.3 Å². The van der Waals surface area contributed by atoms with E-state index in [0.29, 0.717) is 6.04 Å². The van der Waals surface area contributed by atoms with Crippen LogP contribution in [0.25, 0.3) is 0 Å². The second-order valence-electron chi connectivity index (χ2n) is 3.88. The minimum absolute atomic E-state index is 0.582. The van der Waals surface area contributed by atoms with E-state index in [1.807, 2.05) is 12.1 Å². The first-order chi connectivity index (χ1) is 7.26. The van der Waals surface area contributed by atoms with Gasteiger partial charge in [0.05, 0.1) is 0 Å². The van der Waals surface area contributed by atoms with Gasteiger partial charge in [-0.05, 0) is 37.1 Å². The SMILES string of the molecule is CCCC(Cc1cccc(Cl)c1)NCC. The van der Waals surface area contributed by atoms with Crippen molar-refractivity contribution in [3.63, 3.8) is 0 Å². The van der Waals surface area contributed by atoms with E-state index in [1.54, 1.807) is 0 Å². The van der Waals surface area contributed by atoms with Gasteiger partial charge in [-0.1, -0.05) is 44.0 Å². The third kappa shape index (κ3) is 4.67. The molecule has 0 aromatic heterocycles. The van der Waals surface area contributed by atoms with Gasteiger partial charge in [0, 0.05) is 11.1 Å². The van der Waals surface area contributed by atoms with E-state index >= 15 is 0 Å². The first kappa shape index (κ1) is 12.5. The van der Waals surface area contributed by atoms with Gasteiger partial charge in [0.2, 0.25) is 0 Å². The molecule has 0 saturated heterocycles. The van der Waals surface area contributed by atoms with Crippen molar-refractivity contribution < 1.29 is 0 Å². The first-order valence-corrected chi connectivity index (χ1v) is 6.11. The average Bonchev–Trinajstić information content (AvgIpc) is 2.18. The van der Waals surface area contributed by atoms with Gasteiger partial charge < -0.3 is 5.32 Å². The maximum atomic E-state index is 5.96. The molecular formula is C13H20ClN. The Balaban J connectivity index is 2.56. The molecule has 1 unspecified atom stereocenters. The van der Waals surface area contributed by atoms with E-state index in [0.717, 1.165) is 18.0 Å². The van der Waals surface area contributed by atoms with Crippen LogP contribution in [0.15, 0.2) is 24.3 Å². The molecule has 1 N–H and O–H groups in total. The Morgan fingerprint density at radius 2 is 2.13 bits per heavy atom. The lowest BCUT2D eigenvalue weighted by Gasteiger charge is -2.17. The maximum absolute atomic E-state index is 5.96. The molecule has 84 valence electrons. The smallest absolute Gasteiger partial charge is 0.0408 e. The van der Waals surface area contributed by atoms with Gasteiger partial charge in [-0.3, -0.25) is 0 Å². The van der Waals surface area contributed by atoms with Crippen molar-refractivity contribution in [3.8, 4) is 0 Å². The van der Waals surface area contributed by atoms with Crippen LogP contribution in [0, 0.1) is 0 Å². The van der Waals surface area contributed by atoms with Crippen LogP contribution in [-0.2, 0) is 6.42 Å². The fourth-order valence-corrected chi connectivity index (χ4v) is 2.07. The lowest BCUT2D eigenvalue weighted by atomic mass is 10.0. The van der Waals surface area contributed by atoms with Crippen molar-refractivity contribution in [2.24, 2.45) is 0 Å². The highest BCUT2D eigenvalue weighted by atomic mass is 35.5. The highest BCUT2D eigenvalue weighted by Crippen LogP contribution is 2.13. The van der Waals surface area contributed by atoms with Gasteiger partial charge in [-0.15, -0.1) is 0 Å². The third-order valence-corrected chi connectivity index (χ3v) is 2.74. The zero-order chi connectivity index (χ0) is 11.1. The van der Waals surface area contributed by atoms with Crippen molar-refractivity contribution in [2.45, 2.75) is 39.2 Å². The molecular weight excluding hydrogens is 206 g/mol. The second kappa shape index (κ2) is 6.86. The van der Waals surface area contributed by atoms with Gasteiger partial charge in [0.1, 0.15) is 0 Å². The number of halogens is 1. The maximum Gasteiger partial charge on any atom is 0.0408 e. The molecule has 0 heterocycles. The van der Waals surface area contributed by atoms with Crippen molar-refractivity contribution in [1.82, 2.24) is 5.32 Å². The quantitative estimate of drug-likeness (QED) is 0.779.